The van der Waals surface area contributed by atoms with Gasteiger partial charge in [-0.15, -0.1) is 11.3 Å². The van der Waals surface area contributed by atoms with Crippen molar-refractivity contribution in [2.24, 2.45) is 0 Å². The van der Waals surface area contributed by atoms with Crippen LogP contribution in [0.4, 0.5) is 0 Å². The molecule has 1 aromatic carbocycles. The summed E-state index contributed by atoms with van der Waals surface area (Å²) < 4.78 is 0. The Balaban J connectivity index is 2.18. The summed E-state index contributed by atoms with van der Waals surface area (Å²) >= 11 is 1.47. The van der Waals surface area contributed by atoms with Gasteiger partial charge in [0.05, 0.1) is 4.88 Å². The standard InChI is InChI=1S/C15H14OS/c1-11-5-6-13(12(2)10-11)7-8-14(16)15-4-3-9-17-15/h3-10H,1-2H3. The average Bonchev–Trinajstić information content (AvgIpc) is 2.81. The number of rotatable bonds is 3. The monoisotopic (exact) mass is 242 g/mol. The van der Waals surface area contributed by atoms with Crippen LogP contribution >= 0.6 is 11.3 Å². The summed E-state index contributed by atoms with van der Waals surface area (Å²) in [7, 11) is 0. The molecule has 2 heteroatoms. The molecule has 0 aliphatic heterocycles. The first-order valence-electron chi connectivity index (χ1n) is 5.50. The number of benzene rings is 1. The highest BCUT2D eigenvalue weighted by Gasteiger charge is 2.02. The van der Waals surface area contributed by atoms with Gasteiger partial charge in [-0.3, -0.25) is 4.79 Å². The smallest absolute Gasteiger partial charge is 0.195 e. The second kappa shape index (κ2) is 5.11. The molecule has 0 atom stereocenters. The molecule has 1 aromatic heterocycles. The number of aryl methyl sites for hydroxylation is 2. The van der Waals surface area contributed by atoms with Crippen molar-refractivity contribution < 1.29 is 4.79 Å². The van der Waals surface area contributed by atoms with Crippen LogP contribution in [0.5, 0.6) is 0 Å². The van der Waals surface area contributed by atoms with Gasteiger partial charge in [-0.25, -0.2) is 0 Å². The van der Waals surface area contributed by atoms with Gasteiger partial charge in [-0.05, 0) is 42.5 Å². The molecule has 0 spiro atoms. The molecule has 1 nitrogen and oxygen atoms in total. The minimum Gasteiger partial charge on any atom is -0.288 e. The Hall–Kier alpha value is -1.67. The van der Waals surface area contributed by atoms with E-state index in [0.717, 1.165) is 10.4 Å². The van der Waals surface area contributed by atoms with Crippen LogP contribution in [0.15, 0.2) is 41.8 Å². The molecular formula is C15H14OS. The predicted molar refractivity (Wildman–Crippen MR) is 73.6 cm³/mol. The molecule has 0 amide bonds. The topological polar surface area (TPSA) is 17.1 Å². The highest BCUT2D eigenvalue weighted by atomic mass is 32.1. The first-order chi connectivity index (χ1) is 8.16. The summed E-state index contributed by atoms with van der Waals surface area (Å²) in [4.78, 5) is 12.6. The van der Waals surface area contributed by atoms with Crippen LogP contribution in [0.25, 0.3) is 6.08 Å². The first-order valence-corrected chi connectivity index (χ1v) is 6.38. The van der Waals surface area contributed by atoms with Crippen LogP contribution in [0.1, 0.15) is 26.4 Å². The van der Waals surface area contributed by atoms with E-state index in [9.17, 15) is 4.79 Å². The van der Waals surface area contributed by atoms with E-state index in [-0.39, 0.29) is 5.78 Å². The van der Waals surface area contributed by atoms with Crippen molar-refractivity contribution >= 4 is 23.2 Å². The van der Waals surface area contributed by atoms with E-state index in [1.54, 1.807) is 6.08 Å². The fraction of sp³-hybridized carbons (Fsp3) is 0.133. The molecule has 0 saturated carbocycles. The van der Waals surface area contributed by atoms with E-state index in [4.69, 9.17) is 0 Å². The lowest BCUT2D eigenvalue weighted by atomic mass is 10.1. The van der Waals surface area contributed by atoms with Crippen LogP contribution in [0, 0.1) is 13.8 Å². The van der Waals surface area contributed by atoms with Crippen molar-refractivity contribution in [1.82, 2.24) is 0 Å². The maximum atomic E-state index is 11.8. The predicted octanol–water partition coefficient (Wildman–Crippen LogP) is 4.26. The number of hydrogen-bond donors (Lipinski definition) is 0. The summed E-state index contributed by atoms with van der Waals surface area (Å²) in [6.45, 7) is 4.12. The normalized spacial score (nSPS) is 10.9. The highest BCUT2D eigenvalue weighted by Crippen LogP contribution is 2.14. The molecule has 0 aliphatic carbocycles. The van der Waals surface area contributed by atoms with Gasteiger partial charge in [0.15, 0.2) is 5.78 Å². The maximum Gasteiger partial charge on any atom is 0.195 e. The van der Waals surface area contributed by atoms with Gasteiger partial charge < -0.3 is 0 Å². The zero-order valence-corrected chi connectivity index (χ0v) is 10.8. The van der Waals surface area contributed by atoms with Gasteiger partial charge in [0, 0.05) is 0 Å². The Bertz CT molecular complexity index is 550. The molecule has 86 valence electrons. The van der Waals surface area contributed by atoms with Crippen molar-refractivity contribution in [2.45, 2.75) is 13.8 Å². The van der Waals surface area contributed by atoms with Crippen LogP contribution < -0.4 is 0 Å². The molecule has 2 aromatic rings. The van der Waals surface area contributed by atoms with E-state index in [2.05, 4.69) is 26.0 Å². The number of carbonyl (C=O) groups is 1. The van der Waals surface area contributed by atoms with Crippen molar-refractivity contribution in [1.29, 1.82) is 0 Å². The first kappa shape index (κ1) is 11.8. The highest BCUT2D eigenvalue weighted by molar-refractivity contribution is 7.12. The second-order valence-corrected chi connectivity index (χ2v) is 4.98. The summed E-state index contributed by atoms with van der Waals surface area (Å²) in [5.41, 5.74) is 3.53. The Morgan fingerprint density at radius 2 is 2.06 bits per heavy atom. The Morgan fingerprint density at radius 3 is 2.71 bits per heavy atom. The molecule has 0 aliphatic rings. The lowest BCUT2D eigenvalue weighted by Crippen LogP contribution is -1.89. The third-order valence-corrected chi connectivity index (χ3v) is 3.49. The van der Waals surface area contributed by atoms with Crippen molar-refractivity contribution in [3.8, 4) is 0 Å². The van der Waals surface area contributed by atoms with Crippen LogP contribution in [0.3, 0.4) is 0 Å². The molecule has 0 fully saturated rings. The summed E-state index contributed by atoms with van der Waals surface area (Å²) in [6, 6.07) is 9.96. The number of thiophene rings is 1. The van der Waals surface area contributed by atoms with Gasteiger partial charge in [0.1, 0.15) is 0 Å². The van der Waals surface area contributed by atoms with E-state index < -0.39 is 0 Å². The van der Waals surface area contributed by atoms with Gasteiger partial charge in [-0.2, -0.15) is 0 Å². The molecule has 17 heavy (non-hydrogen) atoms. The molecular weight excluding hydrogens is 228 g/mol. The summed E-state index contributed by atoms with van der Waals surface area (Å²) in [6.07, 6.45) is 3.53. The quantitative estimate of drug-likeness (QED) is 0.580. The molecule has 2 rings (SSSR count). The minimum absolute atomic E-state index is 0.0694. The van der Waals surface area contributed by atoms with Crippen molar-refractivity contribution in [2.75, 3.05) is 0 Å². The molecule has 0 radical (unpaired) electrons. The molecule has 1 heterocycles. The molecule has 0 saturated heterocycles. The lowest BCUT2D eigenvalue weighted by molar-refractivity contribution is 0.105. The average molecular weight is 242 g/mol. The molecule has 0 unspecified atom stereocenters. The fourth-order valence-corrected chi connectivity index (χ4v) is 2.32. The van der Waals surface area contributed by atoms with Gasteiger partial charge in [0.2, 0.25) is 0 Å². The maximum absolute atomic E-state index is 11.8. The number of ketones is 1. The molecule has 0 N–H and O–H groups in total. The SMILES string of the molecule is Cc1ccc(C=CC(=O)c2cccs2)c(C)c1. The van der Waals surface area contributed by atoms with Gasteiger partial charge >= 0.3 is 0 Å². The number of allylic oxidation sites excluding steroid dienone is 1. The summed E-state index contributed by atoms with van der Waals surface area (Å²) in [5.74, 6) is 0.0694. The number of carbonyl (C=O) groups excluding carboxylic acids is 1. The second-order valence-electron chi connectivity index (χ2n) is 4.03. The van der Waals surface area contributed by atoms with E-state index in [1.165, 1.54) is 22.5 Å². The lowest BCUT2D eigenvalue weighted by Gasteiger charge is -2.01. The fourth-order valence-electron chi connectivity index (χ4n) is 1.68. The largest absolute Gasteiger partial charge is 0.288 e. The third-order valence-electron chi connectivity index (χ3n) is 2.60. The zero-order chi connectivity index (χ0) is 12.3. The van der Waals surface area contributed by atoms with E-state index >= 15 is 0 Å². The summed E-state index contributed by atoms with van der Waals surface area (Å²) in [5, 5.41) is 1.91. The van der Waals surface area contributed by atoms with Crippen LogP contribution in [-0.4, -0.2) is 5.78 Å². The van der Waals surface area contributed by atoms with E-state index in [1.807, 2.05) is 29.7 Å². The Kier molecular flexibility index (Phi) is 3.55. The van der Waals surface area contributed by atoms with Crippen LogP contribution in [-0.2, 0) is 0 Å². The Labute approximate surface area is 105 Å². The molecule has 0 bridgehead atoms. The van der Waals surface area contributed by atoms with E-state index in [0.29, 0.717) is 0 Å². The minimum atomic E-state index is 0.0694. The van der Waals surface area contributed by atoms with Gasteiger partial charge in [0.25, 0.3) is 0 Å². The third kappa shape index (κ3) is 2.92. The van der Waals surface area contributed by atoms with Gasteiger partial charge in [-0.1, -0.05) is 35.9 Å². The Morgan fingerprint density at radius 1 is 1.24 bits per heavy atom. The van der Waals surface area contributed by atoms with Crippen molar-refractivity contribution in [3.05, 3.63) is 63.4 Å². The zero-order valence-electron chi connectivity index (χ0n) is 9.94. The number of hydrogen-bond acceptors (Lipinski definition) is 2. The van der Waals surface area contributed by atoms with Crippen molar-refractivity contribution in [3.63, 3.8) is 0 Å². The van der Waals surface area contributed by atoms with Crippen LogP contribution in [0.2, 0.25) is 0 Å².